The summed E-state index contributed by atoms with van der Waals surface area (Å²) in [6, 6.07) is 52.9. The van der Waals surface area contributed by atoms with Gasteiger partial charge in [-0.05, 0) is 84.9 Å². The summed E-state index contributed by atoms with van der Waals surface area (Å²) in [5.74, 6) is 0.921. The van der Waals surface area contributed by atoms with Crippen LogP contribution in [0.15, 0.2) is 152 Å². The monoisotopic (exact) mass is 726 g/mol. The van der Waals surface area contributed by atoms with E-state index >= 15 is 0 Å². The molecule has 0 bridgehead atoms. The van der Waals surface area contributed by atoms with Crippen LogP contribution in [-0.2, 0) is 12.5 Å². The van der Waals surface area contributed by atoms with Gasteiger partial charge in [-0.15, -0.1) is 0 Å². The van der Waals surface area contributed by atoms with E-state index in [-0.39, 0.29) is 12.4 Å². The van der Waals surface area contributed by atoms with Crippen LogP contribution in [0.2, 0.25) is 0 Å². The molecule has 0 saturated heterocycles. The van der Waals surface area contributed by atoms with E-state index in [9.17, 15) is 0 Å². The number of rotatable bonds is 5. The molecule has 0 saturated carbocycles. The summed E-state index contributed by atoms with van der Waals surface area (Å²) < 4.78 is 6.60. The standard InChI is InChI=1S/C49H43BN6/c1-33-16-14-17-34(2)48(33)50-55(36-18-8-7-9-19-36)45-30-40-39-22-10-11-23-41(39)54(47-28-35(26-27-51-47)49(3,4)5)44(40)31-46(45)56(50)38-21-15-20-37(29-38)53-32-52(6)42-24-12-13-25-43(42)53/h7-31H,1-6H3. The lowest BCUT2D eigenvalue weighted by Crippen LogP contribution is -2.55. The highest BCUT2D eigenvalue weighted by Crippen LogP contribution is 2.50. The molecule has 4 heterocycles. The molecular weight excluding hydrogens is 683 g/mol. The summed E-state index contributed by atoms with van der Waals surface area (Å²) in [7, 11) is 2.06. The Kier molecular flexibility index (Phi) is 7.72. The zero-order valence-corrected chi connectivity index (χ0v) is 32.7. The predicted octanol–water partition coefficient (Wildman–Crippen LogP) is 10.3. The van der Waals surface area contributed by atoms with Crippen molar-refractivity contribution in [1.82, 2.24) is 14.1 Å². The summed E-state index contributed by atoms with van der Waals surface area (Å²) in [5.41, 5.74) is 15.1. The molecule has 0 aliphatic carbocycles. The van der Waals surface area contributed by atoms with E-state index in [4.69, 9.17) is 4.98 Å². The molecule has 6 aromatic carbocycles. The Labute approximate surface area is 328 Å². The van der Waals surface area contributed by atoms with Crippen LogP contribution in [0.1, 0.15) is 37.5 Å². The third kappa shape index (κ3) is 5.25. The number of para-hydroxylation sites is 4. The number of aromatic nitrogens is 4. The molecule has 272 valence electrons. The SMILES string of the molecule is Cc1cccc(C)c1B1N(c2ccccc2)c2cc3c4ccccc4n(-c4cc(C(C)(C)C)ccn4)c3cc2N1c1cccc(-n2[c-][n+](C)c3ccccc32)c1. The largest absolute Gasteiger partial charge is 0.421 e. The number of hydrogen-bond acceptors (Lipinski definition) is 3. The molecule has 0 fully saturated rings. The first kappa shape index (κ1) is 33.9. The lowest BCUT2D eigenvalue weighted by Gasteiger charge is -2.32. The van der Waals surface area contributed by atoms with E-state index in [1.165, 1.54) is 32.9 Å². The topological polar surface area (TPSA) is 33.1 Å². The van der Waals surface area contributed by atoms with Crippen LogP contribution in [0.25, 0.3) is 44.3 Å². The Morgan fingerprint density at radius 3 is 2.02 bits per heavy atom. The van der Waals surface area contributed by atoms with Crippen LogP contribution in [0.4, 0.5) is 22.7 Å². The second-order valence-electron chi connectivity index (χ2n) is 16.1. The fraction of sp³-hybridized carbons (Fsp3) is 0.143. The minimum atomic E-state index is -0.168. The molecule has 0 atom stereocenters. The van der Waals surface area contributed by atoms with Crippen molar-refractivity contribution in [1.29, 1.82) is 0 Å². The van der Waals surface area contributed by atoms with Crippen molar-refractivity contribution < 1.29 is 4.57 Å². The van der Waals surface area contributed by atoms with Crippen LogP contribution < -0.4 is 19.7 Å². The molecule has 6 nitrogen and oxygen atoms in total. The molecule has 0 unspecified atom stereocenters. The minimum Gasteiger partial charge on any atom is -0.360 e. The average molecular weight is 727 g/mol. The maximum absolute atomic E-state index is 5.02. The van der Waals surface area contributed by atoms with Gasteiger partial charge in [-0.2, -0.15) is 0 Å². The fourth-order valence-corrected chi connectivity index (χ4v) is 8.83. The number of nitrogens with zero attached hydrogens (tertiary/aromatic N) is 6. The molecule has 3 aromatic heterocycles. The Morgan fingerprint density at radius 1 is 0.589 bits per heavy atom. The van der Waals surface area contributed by atoms with Gasteiger partial charge in [0.2, 0.25) is 6.33 Å². The quantitative estimate of drug-likeness (QED) is 0.101. The van der Waals surface area contributed by atoms with Crippen molar-refractivity contribution in [2.45, 2.75) is 40.0 Å². The zero-order chi connectivity index (χ0) is 38.3. The summed E-state index contributed by atoms with van der Waals surface area (Å²) in [4.78, 5) is 10.1. The first-order valence-corrected chi connectivity index (χ1v) is 19.4. The first-order valence-electron chi connectivity index (χ1n) is 19.4. The Hall–Kier alpha value is -6.60. The van der Waals surface area contributed by atoms with E-state index in [0.717, 1.165) is 56.3 Å². The lowest BCUT2D eigenvalue weighted by atomic mass is 9.61. The Morgan fingerprint density at radius 2 is 1.23 bits per heavy atom. The highest BCUT2D eigenvalue weighted by Gasteiger charge is 2.45. The number of imidazole rings is 1. The van der Waals surface area contributed by atoms with Gasteiger partial charge in [0.05, 0.1) is 46.2 Å². The summed E-state index contributed by atoms with van der Waals surface area (Å²) in [6.07, 6.45) is 5.53. The third-order valence-corrected chi connectivity index (χ3v) is 11.6. The van der Waals surface area contributed by atoms with E-state index in [2.05, 4.69) is 217 Å². The number of fused-ring (bicyclic) bond motifs is 5. The Bertz CT molecular complexity index is 2950. The van der Waals surface area contributed by atoms with E-state index < -0.39 is 0 Å². The van der Waals surface area contributed by atoms with Gasteiger partial charge in [0.25, 0.3) is 0 Å². The van der Waals surface area contributed by atoms with Crippen molar-refractivity contribution >= 4 is 68.0 Å². The lowest BCUT2D eigenvalue weighted by molar-refractivity contribution is -0.649. The molecule has 1 aliphatic rings. The highest BCUT2D eigenvalue weighted by molar-refractivity contribution is 6.85. The number of aryl methyl sites for hydroxylation is 3. The highest BCUT2D eigenvalue weighted by atomic mass is 15.3. The molecule has 10 rings (SSSR count). The zero-order valence-electron chi connectivity index (χ0n) is 32.7. The molecular formula is C49H43BN6. The van der Waals surface area contributed by atoms with Gasteiger partial charge in [0.15, 0.2) is 0 Å². The maximum atomic E-state index is 5.02. The van der Waals surface area contributed by atoms with Gasteiger partial charge in [-0.25, -0.2) is 4.98 Å². The molecule has 9 aromatic rings. The first-order chi connectivity index (χ1) is 27.2. The van der Waals surface area contributed by atoms with E-state index in [1.54, 1.807) is 0 Å². The van der Waals surface area contributed by atoms with Crippen molar-refractivity contribution in [3.8, 4) is 11.5 Å². The van der Waals surface area contributed by atoms with E-state index in [1.807, 2.05) is 6.20 Å². The van der Waals surface area contributed by atoms with Gasteiger partial charge in [0.1, 0.15) is 5.82 Å². The van der Waals surface area contributed by atoms with Crippen LogP contribution in [-0.4, -0.2) is 21.1 Å². The molecule has 56 heavy (non-hydrogen) atoms. The van der Waals surface area contributed by atoms with Gasteiger partial charge in [-0.1, -0.05) is 123 Å². The van der Waals surface area contributed by atoms with E-state index in [0.29, 0.717) is 0 Å². The summed E-state index contributed by atoms with van der Waals surface area (Å²) in [6.45, 7) is 11.1. The van der Waals surface area contributed by atoms with Gasteiger partial charge in [0, 0.05) is 28.3 Å². The molecule has 0 amide bonds. The summed E-state index contributed by atoms with van der Waals surface area (Å²) in [5, 5.41) is 2.40. The number of anilines is 4. The Balaban J connectivity index is 1.29. The molecule has 7 heteroatoms. The molecule has 0 radical (unpaired) electrons. The number of hydrogen-bond donors (Lipinski definition) is 0. The van der Waals surface area contributed by atoms with Crippen molar-refractivity contribution in [2.24, 2.45) is 7.05 Å². The van der Waals surface area contributed by atoms with Crippen LogP contribution in [0, 0.1) is 20.2 Å². The number of benzene rings is 6. The average Bonchev–Trinajstić information content (AvgIpc) is 3.84. The normalized spacial score (nSPS) is 13.1. The van der Waals surface area contributed by atoms with Crippen LogP contribution in [0.5, 0.6) is 0 Å². The maximum Gasteiger partial charge on any atom is 0.421 e. The van der Waals surface area contributed by atoms with Crippen LogP contribution >= 0.6 is 0 Å². The molecule has 1 aliphatic heterocycles. The van der Waals surface area contributed by atoms with Gasteiger partial charge in [-0.3, -0.25) is 4.57 Å². The molecule has 0 N–H and O–H groups in total. The summed E-state index contributed by atoms with van der Waals surface area (Å²) >= 11 is 0. The second kappa shape index (κ2) is 12.7. The third-order valence-electron chi connectivity index (χ3n) is 11.6. The van der Waals surface area contributed by atoms with Crippen LogP contribution in [0.3, 0.4) is 0 Å². The minimum absolute atomic E-state index is 0.0200. The predicted molar refractivity (Wildman–Crippen MR) is 233 cm³/mol. The van der Waals surface area contributed by atoms with Gasteiger partial charge < -0.3 is 18.8 Å². The second-order valence-corrected chi connectivity index (χ2v) is 16.1. The van der Waals surface area contributed by atoms with Crippen molar-refractivity contribution in [2.75, 3.05) is 9.62 Å². The van der Waals surface area contributed by atoms with Crippen molar-refractivity contribution in [3.05, 3.63) is 175 Å². The van der Waals surface area contributed by atoms with Gasteiger partial charge >= 0.3 is 6.98 Å². The molecule has 0 spiro atoms. The fourth-order valence-electron chi connectivity index (χ4n) is 8.83. The number of pyridine rings is 1. The van der Waals surface area contributed by atoms with Crippen molar-refractivity contribution in [3.63, 3.8) is 0 Å². The smallest absolute Gasteiger partial charge is 0.360 e.